The topological polar surface area (TPSA) is 72.2 Å². The molecule has 6 heteroatoms. The van der Waals surface area contributed by atoms with Gasteiger partial charge in [-0.1, -0.05) is 12.1 Å². The van der Waals surface area contributed by atoms with Gasteiger partial charge in [-0.3, -0.25) is 9.67 Å². The van der Waals surface area contributed by atoms with Crippen molar-refractivity contribution in [2.24, 2.45) is 5.92 Å². The van der Waals surface area contributed by atoms with Crippen molar-refractivity contribution in [3.8, 4) is 11.5 Å². The summed E-state index contributed by atoms with van der Waals surface area (Å²) in [6, 6.07) is 12.0. The van der Waals surface area contributed by atoms with E-state index in [1.165, 1.54) is 5.56 Å². The molecule has 2 heterocycles. The van der Waals surface area contributed by atoms with E-state index in [9.17, 15) is 5.11 Å². The summed E-state index contributed by atoms with van der Waals surface area (Å²) in [5, 5.41) is 18.2. The molecule has 0 spiro atoms. The predicted octanol–water partition coefficient (Wildman–Crippen LogP) is 3.31. The molecule has 1 aliphatic carbocycles. The molecule has 1 unspecified atom stereocenters. The van der Waals surface area contributed by atoms with Gasteiger partial charge in [-0.15, -0.1) is 0 Å². The van der Waals surface area contributed by atoms with Crippen LogP contribution in [0.2, 0.25) is 0 Å². The number of benzene rings is 1. The molecule has 4 rings (SSSR count). The Morgan fingerprint density at radius 1 is 1.21 bits per heavy atom. The number of hydrogen-bond acceptors (Lipinski definition) is 5. The van der Waals surface area contributed by atoms with Crippen molar-refractivity contribution in [2.75, 3.05) is 0 Å². The molecule has 2 aromatic heterocycles. The Bertz CT molecular complexity index is 883. The van der Waals surface area contributed by atoms with Crippen LogP contribution in [0.15, 0.2) is 61.2 Å². The van der Waals surface area contributed by atoms with E-state index >= 15 is 0 Å². The molecular weight excluding hydrogens is 352 g/mol. The number of aliphatic hydroxyl groups excluding tert-OH is 1. The van der Waals surface area contributed by atoms with Crippen LogP contribution in [-0.2, 0) is 13.1 Å². The predicted molar refractivity (Wildman–Crippen MR) is 107 cm³/mol. The minimum absolute atomic E-state index is 0.118. The largest absolute Gasteiger partial charge is 0.455 e. The van der Waals surface area contributed by atoms with E-state index < -0.39 is 0 Å². The second kappa shape index (κ2) is 8.54. The van der Waals surface area contributed by atoms with E-state index in [0.717, 1.165) is 43.0 Å². The lowest BCUT2D eigenvalue weighted by Crippen LogP contribution is -2.35. The summed E-state index contributed by atoms with van der Waals surface area (Å²) in [4.78, 5) is 4.07. The Labute approximate surface area is 165 Å². The van der Waals surface area contributed by atoms with Crippen LogP contribution >= 0.6 is 0 Å². The molecule has 0 amide bonds. The van der Waals surface area contributed by atoms with Crippen molar-refractivity contribution < 1.29 is 9.84 Å². The van der Waals surface area contributed by atoms with E-state index in [1.54, 1.807) is 18.6 Å². The summed E-state index contributed by atoms with van der Waals surface area (Å²) in [7, 11) is 0. The number of aryl methyl sites for hydroxylation is 1. The van der Waals surface area contributed by atoms with Crippen molar-refractivity contribution in [2.45, 2.75) is 45.0 Å². The smallest absolute Gasteiger partial charge is 0.145 e. The van der Waals surface area contributed by atoms with Gasteiger partial charge < -0.3 is 15.2 Å². The molecule has 1 aliphatic rings. The highest BCUT2D eigenvalue weighted by molar-refractivity contribution is 5.39. The fraction of sp³-hybridized carbons (Fsp3) is 0.364. The van der Waals surface area contributed by atoms with Gasteiger partial charge in [0.05, 0.1) is 12.3 Å². The quantitative estimate of drug-likeness (QED) is 0.660. The second-order valence-electron chi connectivity index (χ2n) is 7.51. The average molecular weight is 378 g/mol. The number of pyridine rings is 1. The van der Waals surface area contributed by atoms with Crippen LogP contribution in [0.5, 0.6) is 11.5 Å². The molecule has 1 fully saturated rings. The third-order valence-corrected chi connectivity index (χ3v) is 5.30. The first-order valence-electron chi connectivity index (χ1n) is 9.73. The number of aromatic nitrogens is 3. The SMILES string of the molecule is Cc1cc(CN[C@@H]2CC(Cn3cccn3)C[C@H]2O)ccc1Oc1cccnc1. The van der Waals surface area contributed by atoms with E-state index in [4.69, 9.17) is 4.74 Å². The third kappa shape index (κ3) is 4.58. The molecule has 28 heavy (non-hydrogen) atoms. The van der Waals surface area contributed by atoms with Gasteiger partial charge in [0.2, 0.25) is 0 Å². The first-order valence-corrected chi connectivity index (χ1v) is 9.73. The minimum atomic E-state index is -0.310. The molecule has 0 saturated heterocycles. The summed E-state index contributed by atoms with van der Waals surface area (Å²) in [6.45, 7) is 3.63. The first kappa shape index (κ1) is 18.7. The van der Waals surface area contributed by atoms with E-state index in [1.807, 2.05) is 42.1 Å². The van der Waals surface area contributed by atoms with Gasteiger partial charge in [0, 0.05) is 37.7 Å². The lowest BCUT2D eigenvalue weighted by molar-refractivity contribution is 0.145. The maximum Gasteiger partial charge on any atom is 0.145 e. The average Bonchev–Trinajstić information content (AvgIpc) is 3.33. The molecule has 1 saturated carbocycles. The summed E-state index contributed by atoms with van der Waals surface area (Å²) in [5.41, 5.74) is 2.26. The van der Waals surface area contributed by atoms with Gasteiger partial charge in [0.15, 0.2) is 0 Å². The Hall–Kier alpha value is -2.70. The number of nitrogens with zero attached hydrogens (tertiary/aromatic N) is 3. The van der Waals surface area contributed by atoms with E-state index in [2.05, 4.69) is 27.5 Å². The fourth-order valence-corrected chi connectivity index (χ4v) is 3.88. The van der Waals surface area contributed by atoms with Gasteiger partial charge in [0.1, 0.15) is 11.5 Å². The Morgan fingerprint density at radius 2 is 2.14 bits per heavy atom. The highest BCUT2D eigenvalue weighted by atomic mass is 16.5. The zero-order valence-corrected chi connectivity index (χ0v) is 16.0. The molecule has 0 bridgehead atoms. The molecule has 0 radical (unpaired) electrons. The fourth-order valence-electron chi connectivity index (χ4n) is 3.88. The maximum atomic E-state index is 10.4. The van der Waals surface area contributed by atoms with Crippen LogP contribution < -0.4 is 10.1 Å². The lowest BCUT2D eigenvalue weighted by atomic mass is 10.1. The standard InChI is InChI=1S/C22H26N4O2/c1-16-10-17(5-6-22(16)28-19-4-2-7-23-14-19)13-24-20-11-18(12-21(20)27)15-26-9-3-8-25-26/h2-10,14,18,20-21,24,27H,11-13,15H2,1H3/t18?,20-,21-/m1/s1. The van der Waals surface area contributed by atoms with Crippen molar-refractivity contribution in [1.29, 1.82) is 0 Å². The van der Waals surface area contributed by atoms with Crippen molar-refractivity contribution in [3.05, 3.63) is 72.3 Å². The van der Waals surface area contributed by atoms with Gasteiger partial charge in [-0.05, 0) is 61.1 Å². The zero-order chi connectivity index (χ0) is 19.3. The number of rotatable bonds is 7. The van der Waals surface area contributed by atoms with Crippen molar-refractivity contribution >= 4 is 0 Å². The van der Waals surface area contributed by atoms with Crippen LogP contribution in [0.3, 0.4) is 0 Å². The Balaban J connectivity index is 1.31. The molecule has 2 N–H and O–H groups in total. The summed E-state index contributed by atoms with van der Waals surface area (Å²) >= 11 is 0. The summed E-state index contributed by atoms with van der Waals surface area (Å²) < 4.78 is 7.84. The molecule has 0 aliphatic heterocycles. The molecule has 146 valence electrons. The van der Waals surface area contributed by atoms with E-state index in [0.29, 0.717) is 5.92 Å². The Kier molecular flexibility index (Phi) is 5.69. The number of ether oxygens (including phenoxy) is 1. The van der Waals surface area contributed by atoms with Crippen LogP contribution in [0, 0.1) is 12.8 Å². The molecular formula is C22H26N4O2. The van der Waals surface area contributed by atoms with Crippen molar-refractivity contribution in [3.63, 3.8) is 0 Å². The van der Waals surface area contributed by atoms with Gasteiger partial charge in [-0.2, -0.15) is 5.10 Å². The lowest BCUT2D eigenvalue weighted by Gasteiger charge is -2.17. The number of aliphatic hydroxyl groups is 1. The maximum absolute atomic E-state index is 10.4. The highest BCUT2D eigenvalue weighted by Gasteiger charge is 2.32. The second-order valence-corrected chi connectivity index (χ2v) is 7.51. The van der Waals surface area contributed by atoms with E-state index in [-0.39, 0.29) is 12.1 Å². The number of nitrogens with one attached hydrogen (secondary N) is 1. The third-order valence-electron chi connectivity index (χ3n) is 5.30. The van der Waals surface area contributed by atoms with Crippen LogP contribution in [0.4, 0.5) is 0 Å². The van der Waals surface area contributed by atoms with Crippen LogP contribution in [-0.4, -0.2) is 32.0 Å². The molecule has 3 aromatic rings. The molecule has 1 aromatic carbocycles. The minimum Gasteiger partial charge on any atom is -0.455 e. The zero-order valence-electron chi connectivity index (χ0n) is 16.0. The van der Waals surface area contributed by atoms with Crippen LogP contribution in [0.1, 0.15) is 24.0 Å². The monoisotopic (exact) mass is 378 g/mol. The van der Waals surface area contributed by atoms with Gasteiger partial charge >= 0.3 is 0 Å². The first-order chi connectivity index (χ1) is 13.7. The number of hydrogen-bond donors (Lipinski definition) is 2. The summed E-state index contributed by atoms with van der Waals surface area (Å²) in [5.74, 6) is 2.01. The van der Waals surface area contributed by atoms with Gasteiger partial charge in [0.25, 0.3) is 0 Å². The van der Waals surface area contributed by atoms with Gasteiger partial charge in [-0.25, -0.2) is 0 Å². The molecule has 3 atom stereocenters. The summed E-state index contributed by atoms with van der Waals surface area (Å²) in [6.07, 6.45) is 8.67. The highest BCUT2D eigenvalue weighted by Crippen LogP contribution is 2.28. The van der Waals surface area contributed by atoms with Crippen molar-refractivity contribution in [1.82, 2.24) is 20.1 Å². The molecule has 6 nitrogen and oxygen atoms in total. The van der Waals surface area contributed by atoms with Crippen LogP contribution in [0.25, 0.3) is 0 Å². The normalized spacial score (nSPS) is 21.7. The Morgan fingerprint density at radius 3 is 2.89 bits per heavy atom.